The largest absolute Gasteiger partial charge is 0.378 e. The van der Waals surface area contributed by atoms with Crippen molar-refractivity contribution >= 4 is 45.6 Å². The lowest BCUT2D eigenvalue weighted by atomic mass is 10.2. The maximum absolute atomic E-state index is 6.00. The molecule has 7 heteroatoms. The van der Waals surface area contributed by atoms with E-state index in [1.165, 1.54) is 23.0 Å². The van der Waals surface area contributed by atoms with E-state index in [-0.39, 0.29) is 0 Å². The van der Waals surface area contributed by atoms with E-state index in [0.29, 0.717) is 16.3 Å². The number of hydrogen-bond donors (Lipinski definition) is 2. The van der Waals surface area contributed by atoms with Crippen molar-refractivity contribution in [3.8, 4) is 0 Å². The van der Waals surface area contributed by atoms with Crippen LogP contribution in [0.4, 0.5) is 11.4 Å². The number of piperazine rings is 1. The molecule has 1 saturated heterocycles. The highest BCUT2D eigenvalue weighted by molar-refractivity contribution is 8.13. The minimum absolute atomic E-state index is 0.376. The number of thioether (sulfide) groups is 1. The first-order valence-electron chi connectivity index (χ1n) is 9.92. The number of hydrogen-bond acceptors (Lipinski definition) is 4. The smallest absolute Gasteiger partial charge is 0.199 e. The van der Waals surface area contributed by atoms with E-state index < -0.39 is 0 Å². The number of nitrogens with zero attached hydrogens (tertiary/aromatic N) is 3. The fourth-order valence-corrected chi connectivity index (χ4v) is 4.20. The standard InChI is InChI=1S/C22H29N5S2/c1-17(2)26-12-14-27(15-13-26)20-10-8-19(9-11-20)24-22(28)25-21(23)29-16-18-6-4-3-5-7-18/h3-11,17H,12-16H2,1-2H3,(H3,23,24,25,28). The van der Waals surface area contributed by atoms with Crippen LogP contribution in [0.2, 0.25) is 0 Å². The Balaban J connectivity index is 1.48. The lowest BCUT2D eigenvalue weighted by Gasteiger charge is -2.38. The fraction of sp³-hybridized carbons (Fsp3) is 0.364. The minimum Gasteiger partial charge on any atom is -0.378 e. The second kappa shape index (κ2) is 10.6. The molecule has 0 saturated carbocycles. The summed E-state index contributed by atoms with van der Waals surface area (Å²) in [5, 5.41) is 3.99. The highest BCUT2D eigenvalue weighted by atomic mass is 32.2. The quantitative estimate of drug-likeness (QED) is 0.424. The molecule has 0 unspecified atom stereocenters. The van der Waals surface area contributed by atoms with Crippen molar-refractivity contribution in [2.75, 3.05) is 36.4 Å². The summed E-state index contributed by atoms with van der Waals surface area (Å²) in [5.74, 6) is 0.775. The zero-order valence-corrected chi connectivity index (χ0v) is 18.7. The van der Waals surface area contributed by atoms with Gasteiger partial charge in [0.25, 0.3) is 0 Å². The van der Waals surface area contributed by atoms with Crippen molar-refractivity contribution < 1.29 is 0 Å². The molecule has 0 spiro atoms. The van der Waals surface area contributed by atoms with E-state index in [1.807, 2.05) is 30.3 Å². The summed E-state index contributed by atoms with van der Waals surface area (Å²) in [5.41, 5.74) is 9.38. The fourth-order valence-electron chi connectivity index (χ4n) is 3.27. The van der Waals surface area contributed by atoms with E-state index in [1.54, 1.807) is 0 Å². The number of nitrogens with one attached hydrogen (secondary N) is 1. The molecular formula is C22H29N5S2. The Morgan fingerprint density at radius 3 is 2.34 bits per heavy atom. The van der Waals surface area contributed by atoms with Gasteiger partial charge in [0.05, 0.1) is 0 Å². The van der Waals surface area contributed by atoms with Gasteiger partial charge >= 0.3 is 0 Å². The molecule has 0 bridgehead atoms. The molecule has 0 amide bonds. The van der Waals surface area contributed by atoms with Crippen molar-refractivity contribution in [2.45, 2.75) is 25.6 Å². The highest BCUT2D eigenvalue weighted by Gasteiger charge is 2.18. The summed E-state index contributed by atoms with van der Waals surface area (Å²) in [4.78, 5) is 9.23. The normalized spacial score (nSPS) is 15.6. The second-order valence-electron chi connectivity index (χ2n) is 7.32. The number of thiocarbonyl (C=S) groups is 1. The molecule has 0 atom stereocenters. The SMILES string of the molecule is CC(C)N1CCN(c2ccc(NC(=S)N=C(N)SCc3ccccc3)cc2)CC1. The minimum atomic E-state index is 0.376. The third-order valence-corrected chi connectivity index (χ3v) is 6.03. The summed E-state index contributed by atoms with van der Waals surface area (Å²) < 4.78 is 0. The van der Waals surface area contributed by atoms with Gasteiger partial charge in [0.15, 0.2) is 10.3 Å². The van der Waals surface area contributed by atoms with Gasteiger partial charge in [0.1, 0.15) is 0 Å². The van der Waals surface area contributed by atoms with Gasteiger partial charge < -0.3 is 16.0 Å². The first-order chi connectivity index (χ1) is 14.0. The zero-order chi connectivity index (χ0) is 20.6. The Hall–Kier alpha value is -2.09. The van der Waals surface area contributed by atoms with Crippen LogP contribution in [0.25, 0.3) is 0 Å². The molecule has 5 nitrogen and oxygen atoms in total. The molecule has 0 radical (unpaired) electrons. The molecule has 1 fully saturated rings. The highest BCUT2D eigenvalue weighted by Crippen LogP contribution is 2.20. The zero-order valence-electron chi connectivity index (χ0n) is 17.0. The molecule has 1 aliphatic heterocycles. The summed E-state index contributed by atoms with van der Waals surface area (Å²) in [6.45, 7) is 8.85. The van der Waals surface area contributed by atoms with Gasteiger partial charge in [-0.2, -0.15) is 4.99 Å². The van der Waals surface area contributed by atoms with E-state index in [2.05, 4.69) is 58.2 Å². The van der Waals surface area contributed by atoms with Crippen LogP contribution in [0.3, 0.4) is 0 Å². The lowest BCUT2D eigenvalue weighted by molar-refractivity contribution is 0.209. The summed E-state index contributed by atoms with van der Waals surface area (Å²) in [7, 11) is 0. The van der Waals surface area contributed by atoms with Crippen molar-refractivity contribution in [2.24, 2.45) is 10.7 Å². The van der Waals surface area contributed by atoms with Gasteiger partial charge in [0, 0.05) is 49.3 Å². The average molecular weight is 428 g/mol. The Bertz CT molecular complexity index is 813. The van der Waals surface area contributed by atoms with E-state index in [4.69, 9.17) is 18.0 Å². The van der Waals surface area contributed by atoms with Crippen LogP contribution in [0.5, 0.6) is 0 Å². The number of nitrogens with two attached hydrogens (primary N) is 1. The van der Waals surface area contributed by atoms with Crippen LogP contribution in [0.1, 0.15) is 19.4 Å². The molecule has 1 heterocycles. The average Bonchev–Trinajstić information content (AvgIpc) is 2.73. The Labute approximate surface area is 183 Å². The van der Waals surface area contributed by atoms with Gasteiger partial charge in [-0.05, 0) is 55.9 Å². The van der Waals surface area contributed by atoms with Crippen molar-refractivity contribution in [3.05, 3.63) is 60.2 Å². The van der Waals surface area contributed by atoms with Crippen molar-refractivity contribution in [3.63, 3.8) is 0 Å². The monoisotopic (exact) mass is 427 g/mol. The van der Waals surface area contributed by atoms with E-state index in [0.717, 1.165) is 37.6 Å². The molecule has 3 N–H and O–H groups in total. The maximum Gasteiger partial charge on any atom is 0.199 e. The van der Waals surface area contributed by atoms with Crippen LogP contribution >= 0.6 is 24.0 Å². The van der Waals surface area contributed by atoms with E-state index in [9.17, 15) is 0 Å². The third kappa shape index (κ3) is 6.73. The summed E-state index contributed by atoms with van der Waals surface area (Å²) in [6, 6.07) is 19.1. The van der Waals surface area contributed by atoms with Gasteiger partial charge in [-0.25, -0.2) is 0 Å². The van der Waals surface area contributed by atoms with Crippen LogP contribution in [-0.4, -0.2) is 47.4 Å². The van der Waals surface area contributed by atoms with Gasteiger partial charge in [-0.15, -0.1) is 0 Å². The van der Waals surface area contributed by atoms with E-state index >= 15 is 0 Å². The lowest BCUT2D eigenvalue weighted by Crippen LogP contribution is -2.48. The number of rotatable bonds is 5. The predicted octanol–water partition coefficient (Wildman–Crippen LogP) is 4.16. The molecule has 2 aromatic carbocycles. The Morgan fingerprint density at radius 2 is 1.72 bits per heavy atom. The van der Waals surface area contributed by atoms with Crippen LogP contribution < -0.4 is 16.0 Å². The number of amidine groups is 1. The molecule has 29 heavy (non-hydrogen) atoms. The summed E-state index contributed by atoms with van der Waals surface area (Å²) in [6.07, 6.45) is 0. The molecule has 3 rings (SSSR count). The molecule has 0 aromatic heterocycles. The second-order valence-corrected chi connectivity index (χ2v) is 8.70. The molecule has 2 aromatic rings. The van der Waals surface area contributed by atoms with Crippen LogP contribution in [0, 0.1) is 0 Å². The maximum atomic E-state index is 6.00. The number of benzene rings is 2. The molecular weight excluding hydrogens is 398 g/mol. The molecule has 154 valence electrons. The van der Waals surface area contributed by atoms with Gasteiger partial charge in [-0.1, -0.05) is 42.1 Å². The molecule has 1 aliphatic rings. The number of anilines is 2. The van der Waals surface area contributed by atoms with Crippen molar-refractivity contribution in [1.29, 1.82) is 0 Å². The first-order valence-corrected chi connectivity index (χ1v) is 11.3. The first kappa shape index (κ1) is 21.6. The van der Waals surface area contributed by atoms with Crippen LogP contribution in [-0.2, 0) is 5.75 Å². The number of aliphatic imine (C=N–C) groups is 1. The summed E-state index contributed by atoms with van der Waals surface area (Å²) >= 11 is 6.81. The Kier molecular flexibility index (Phi) is 7.91. The molecule has 0 aliphatic carbocycles. The van der Waals surface area contributed by atoms with Crippen LogP contribution in [0.15, 0.2) is 59.6 Å². The topological polar surface area (TPSA) is 56.9 Å². The van der Waals surface area contributed by atoms with Gasteiger partial charge in [-0.3, -0.25) is 4.90 Å². The third-order valence-electron chi connectivity index (χ3n) is 4.97. The van der Waals surface area contributed by atoms with Crippen molar-refractivity contribution in [1.82, 2.24) is 4.90 Å². The van der Waals surface area contributed by atoms with Gasteiger partial charge in [0.2, 0.25) is 0 Å². The predicted molar refractivity (Wildman–Crippen MR) is 131 cm³/mol. The Morgan fingerprint density at radius 1 is 1.07 bits per heavy atom.